The third-order valence-corrected chi connectivity index (χ3v) is 2.65. The van der Waals surface area contributed by atoms with E-state index in [1.54, 1.807) is 23.1 Å². The Labute approximate surface area is 93.5 Å². The number of nitrogens with zero attached hydrogens (tertiary/aromatic N) is 2. The highest BCUT2D eigenvalue weighted by molar-refractivity contribution is 5.97. The lowest BCUT2D eigenvalue weighted by Crippen LogP contribution is -2.33. The molecule has 1 saturated heterocycles. The normalized spacial score (nSPS) is 19.4. The topological polar surface area (TPSA) is 82.2 Å². The Morgan fingerprint density at radius 1 is 1.62 bits per heavy atom. The lowest BCUT2D eigenvalue weighted by molar-refractivity contribution is 0.252. The lowest BCUT2D eigenvalue weighted by Gasteiger charge is -2.21. The number of hydrogen-bond donors (Lipinski definition) is 2. The number of nitrogens with one attached hydrogen (secondary N) is 1. The average molecular weight is 216 g/mol. The Balaban J connectivity index is 2.52. The fourth-order valence-electron chi connectivity index (χ4n) is 1.84. The number of rotatable bonds is 1. The quantitative estimate of drug-likeness (QED) is 0.688. The fraction of sp³-hybridized carbons (Fsp3) is 0.273. The van der Waals surface area contributed by atoms with Gasteiger partial charge < -0.3 is 11.1 Å². The van der Waals surface area contributed by atoms with E-state index < -0.39 is 0 Å². The van der Waals surface area contributed by atoms with Crippen molar-refractivity contribution >= 4 is 17.4 Å². The van der Waals surface area contributed by atoms with E-state index in [0.717, 1.165) is 0 Å². The summed E-state index contributed by atoms with van der Waals surface area (Å²) in [4.78, 5) is 13.2. The molecule has 16 heavy (non-hydrogen) atoms. The van der Waals surface area contributed by atoms with Crippen LogP contribution in [-0.2, 0) is 0 Å². The minimum Gasteiger partial charge on any atom is -0.398 e. The molecule has 0 spiro atoms. The van der Waals surface area contributed by atoms with Crippen molar-refractivity contribution in [3.8, 4) is 6.07 Å². The molecular weight excluding hydrogens is 204 g/mol. The van der Waals surface area contributed by atoms with Crippen LogP contribution in [0.1, 0.15) is 12.5 Å². The molecule has 0 aliphatic carbocycles. The van der Waals surface area contributed by atoms with Crippen molar-refractivity contribution in [2.75, 3.05) is 17.2 Å². The van der Waals surface area contributed by atoms with Gasteiger partial charge in [0.15, 0.2) is 0 Å². The molecule has 2 amide bonds. The molecule has 1 atom stereocenters. The molecule has 0 bridgehead atoms. The van der Waals surface area contributed by atoms with Crippen molar-refractivity contribution in [3.63, 3.8) is 0 Å². The molecule has 1 fully saturated rings. The summed E-state index contributed by atoms with van der Waals surface area (Å²) in [5, 5.41) is 11.8. The van der Waals surface area contributed by atoms with Crippen LogP contribution in [0.25, 0.3) is 0 Å². The number of amides is 2. The largest absolute Gasteiger partial charge is 0.398 e. The number of urea groups is 1. The molecule has 1 aromatic rings. The zero-order valence-corrected chi connectivity index (χ0v) is 8.90. The van der Waals surface area contributed by atoms with Gasteiger partial charge in [0.25, 0.3) is 0 Å². The van der Waals surface area contributed by atoms with Crippen LogP contribution in [0, 0.1) is 11.3 Å². The highest BCUT2D eigenvalue weighted by Crippen LogP contribution is 2.28. The van der Waals surface area contributed by atoms with E-state index in [-0.39, 0.29) is 12.1 Å². The molecule has 1 aliphatic heterocycles. The van der Waals surface area contributed by atoms with Gasteiger partial charge in [-0.15, -0.1) is 0 Å². The molecule has 82 valence electrons. The first-order valence-corrected chi connectivity index (χ1v) is 5.00. The molecule has 1 heterocycles. The smallest absolute Gasteiger partial charge is 0.322 e. The standard InChI is InChI=1S/C11H12N4O/c1-7-6-14-11(16)15(7)10-4-2-3-9(13)8(10)5-12/h2-4,7H,6,13H2,1H3,(H,14,16). The fourth-order valence-corrected chi connectivity index (χ4v) is 1.84. The monoisotopic (exact) mass is 216 g/mol. The number of carbonyl (C=O) groups excluding carboxylic acids is 1. The molecule has 5 heteroatoms. The minimum absolute atomic E-state index is 0.0291. The maximum atomic E-state index is 11.6. The van der Waals surface area contributed by atoms with Gasteiger partial charge in [-0.25, -0.2) is 4.79 Å². The Kier molecular flexibility index (Phi) is 2.41. The van der Waals surface area contributed by atoms with Gasteiger partial charge in [-0.3, -0.25) is 4.90 Å². The predicted molar refractivity (Wildman–Crippen MR) is 60.9 cm³/mol. The third-order valence-electron chi connectivity index (χ3n) is 2.65. The number of anilines is 2. The van der Waals surface area contributed by atoms with Gasteiger partial charge in [0, 0.05) is 6.54 Å². The van der Waals surface area contributed by atoms with Crippen LogP contribution in [0.3, 0.4) is 0 Å². The summed E-state index contributed by atoms with van der Waals surface area (Å²) in [7, 11) is 0. The summed E-state index contributed by atoms with van der Waals surface area (Å²) in [5.41, 5.74) is 7.03. The van der Waals surface area contributed by atoms with Crippen LogP contribution in [0.5, 0.6) is 0 Å². The summed E-state index contributed by atoms with van der Waals surface area (Å²) in [6.45, 7) is 2.50. The first kappa shape index (κ1) is 10.3. The van der Waals surface area contributed by atoms with Crippen molar-refractivity contribution in [2.45, 2.75) is 13.0 Å². The summed E-state index contributed by atoms with van der Waals surface area (Å²) in [6, 6.07) is 7.00. The Morgan fingerprint density at radius 3 is 2.94 bits per heavy atom. The van der Waals surface area contributed by atoms with E-state index in [9.17, 15) is 4.79 Å². The number of carbonyl (C=O) groups is 1. The second kappa shape index (κ2) is 3.74. The molecular formula is C11H12N4O. The van der Waals surface area contributed by atoms with Crippen LogP contribution in [0.2, 0.25) is 0 Å². The van der Waals surface area contributed by atoms with Gasteiger partial charge in [-0.1, -0.05) is 6.07 Å². The average Bonchev–Trinajstić information content (AvgIpc) is 2.58. The number of nitriles is 1. The number of nitrogens with two attached hydrogens (primary N) is 1. The van der Waals surface area contributed by atoms with Crippen LogP contribution in [0.4, 0.5) is 16.2 Å². The van der Waals surface area contributed by atoms with Crippen LogP contribution in [0.15, 0.2) is 18.2 Å². The van der Waals surface area contributed by atoms with E-state index in [1.165, 1.54) is 0 Å². The molecule has 1 unspecified atom stereocenters. The van der Waals surface area contributed by atoms with Crippen LogP contribution in [-0.4, -0.2) is 18.6 Å². The maximum absolute atomic E-state index is 11.6. The van der Waals surface area contributed by atoms with E-state index in [0.29, 0.717) is 23.5 Å². The SMILES string of the molecule is CC1CNC(=O)N1c1cccc(N)c1C#N. The zero-order chi connectivity index (χ0) is 11.7. The predicted octanol–water partition coefficient (Wildman–Crippen LogP) is 1.06. The van der Waals surface area contributed by atoms with Crippen LogP contribution >= 0.6 is 0 Å². The lowest BCUT2D eigenvalue weighted by atomic mass is 10.1. The first-order chi connectivity index (χ1) is 7.65. The van der Waals surface area contributed by atoms with Gasteiger partial charge in [0.1, 0.15) is 6.07 Å². The van der Waals surface area contributed by atoms with Crippen LogP contribution < -0.4 is 16.0 Å². The van der Waals surface area contributed by atoms with E-state index >= 15 is 0 Å². The van der Waals surface area contributed by atoms with Crippen molar-refractivity contribution in [3.05, 3.63) is 23.8 Å². The van der Waals surface area contributed by atoms with Gasteiger partial charge >= 0.3 is 6.03 Å². The summed E-state index contributed by atoms with van der Waals surface area (Å²) in [5.74, 6) is 0. The summed E-state index contributed by atoms with van der Waals surface area (Å²) < 4.78 is 0. The molecule has 1 aromatic carbocycles. The second-order valence-electron chi connectivity index (χ2n) is 3.76. The minimum atomic E-state index is -0.186. The van der Waals surface area contributed by atoms with Crippen molar-refractivity contribution in [2.24, 2.45) is 0 Å². The molecule has 0 radical (unpaired) electrons. The second-order valence-corrected chi connectivity index (χ2v) is 3.76. The Morgan fingerprint density at radius 2 is 2.38 bits per heavy atom. The highest BCUT2D eigenvalue weighted by atomic mass is 16.2. The summed E-state index contributed by atoms with van der Waals surface area (Å²) >= 11 is 0. The number of hydrogen-bond acceptors (Lipinski definition) is 3. The van der Waals surface area contributed by atoms with Gasteiger partial charge in [-0.2, -0.15) is 5.26 Å². The third kappa shape index (κ3) is 1.44. The molecule has 2 rings (SSSR count). The first-order valence-electron chi connectivity index (χ1n) is 5.00. The van der Waals surface area contributed by atoms with E-state index in [1.807, 2.05) is 13.0 Å². The van der Waals surface area contributed by atoms with Gasteiger partial charge in [0.05, 0.1) is 23.0 Å². The molecule has 0 aromatic heterocycles. The Hall–Kier alpha value is -2.22. The van der Waals surface area contributed by atoms with Gasteiger partial charge in [0.2, 0.25) is 0 Å². The maximum Gasteiger partial charge on any atom is 0.322 e. The zero-order valence-electron chi connectivity index (χ0n) is 8.90. The number of nitrogen functional groups attached to an aromatic ring is 1. The molecule has 5 nitrogen and oxygen atoms in total. The number of benzene rings is 1. The molecule has 0 saturated carbocycles. The molecule has 1 aliphatic rings. The van der Waals surface area contributed by atoms with Crippen molar-refractivity contribution in [1.29, 1.82) is 5.26 Å². The van der Waals surface area contributed by atoms with Gasteiger partial charge in [-0.05, 0) is 19.1 Å². The van der Waals surface area contributed by atoms with Crippen molar-refractivity contribution < 1.29 is 4.79 Å². The molecule has 3 N–H and O–H groups in total. The Bertz CT molecular complexity index is 477. The van der Waals surface area contributed by atoms with E-state index in [2.05, 4.69) is 5.32 Å². The highest BCUT2D eigenvalue weighted by Gasteiger charge is 2.30. The van der Waals surface area contributed by atoms with E-state index in [4.69, 9.17) is 11.0 Å². The summed E-state index contributed by atoms with van der Waals surface area (Å²) in [6.07, 6.45) is 0. The van der Waals surface area contributed by atoms with Crippen molar-refractivity contribution in [1.82, 2.24) is 5.32 Å².